The zero-order valence-corrected chi connectivity index (χ0v) is 9.75. The Morgan fingerprint density at radius 3 is 2.95 bits per heavy atom. The average Bonchev–Trinajstić information content (AvgIpc) is 2.38. The number of nitrogens with zero attached hydrogens (tertiary/aromatic N) is 2. The molecule has 0 fully saturated rings. The van der Waals surface area contributed by atoms with Crippen LogP contribution in [0.2, 0.25) is 0 Å². The van der Waals surface area contributed by atoms with E-state index in [0.717, 1.165) is 0 Å². The van der Waals surface area contributed by atoms with Crippen molar-refractivity contribution >= 4 is 17.4 Å². The standard InChI is InChI=1S/C11H11N5O3/c12-11-15-9(18)8(10(19)16-11)14-5-7(17)6-2-1-3-13-4-6/h1-4,14H,5H2,(H4,12,15,16,18,19). The Balaban J connectivity index is 2.12. The summed E-state index contributed by atoms with van der Waals surface area (Å²) in [6, 6.07) is 3.23. The van der Waals surface area contributed by atoms with Crippen LogP contribution in [0.4, 0.5) is 11.6 Å². The molecule has 98 valence electrons. The highest BCUT2D eigenvalue weighted by atomic mass is 16.3. The number of ketones is 1. The molecule has 0 aliphatic rings. The molecule has 2 rings (SSSR count). The molecular weight excluding hydrogens is 250 g/mol. The lowest BCUT2D eigenvalue weighted by Gasteiger charge is -2.06. The van der Waals surface area contributed by atoms with Crippen molar-refractivity contribution in [3.05, 3.63) is 40.4 Å². The van der Waals surface area contributed by atoms with Crippen molar-refractivity contribution in [3.8, 4) is 5.88 Å². The molecule has 8 heteroatoms. The van der Waals surface area contributed by atoms with E-state index in [-0.39, 0.29) is 24.0 Å². The lowest BCUT2D eigenvalue weighted by atomic mass is 10.2. The van der Waals surface area contributed by atoms with E-state index in [4.69, 9.17) is 5.73 Å². The fourth-order valence-electron chi connectivity index (χ4n) is 1.44. The van der Waals surface area contributed by atoms with E-state index in [1.54, 1.807) is 18.3 Å². The number of rotatable bonds is 4. The Morgan fingerprint density at radius 2 is 2.32 bits per heavy atom. The molecular formula is C11H11N5O3. The van der Waals surface area contributed by atoms with Gasteiger partial charge in [0.15, 0.2) is 11.5 Å². The number of nitrogen functional groups attached to an aromatic ring is 1. The first-order valence-corrected chi connectivity index (χ1v) is 5.34. The summed E-state index contributed by atoms with van der Waals surface area (Å²) in [6.45, 7) is -0.173. The first kappa shape index (κ1) is 12.6. The fourth-order valence-corrected chi connectivity index (χ4v) is 1.44. The zero-order chi connectivity index (χ0) is 13.8. The Kier molecular flexibility index (Phi) is 3.42. The summed E-state index contributed by atoms with van der Waals surface area (Å²) >= 11 is 0. The maximum Gasteiger partial charge on any atom is 0.279 e. The van der Waals surface area contributed by atoms with Gasteiger partial charge in [-0.1, -0.05) is 0 Å². The summed E-state index contributed by atoms with van der Waals surface area (Å²) in [5.74, 6) is -1.03. The summed E-state index contributed by atoms with van der Waals surface area (Å²) in [7, 11) is 0. The number of nitrogens with one attached hydrogen (secondary N) is 2. The van der Waals surface area contributed by atoms with Gasteiger partial charge in [0.05, 0.1) is 6.54 Å². The molecule has 0 unspecified atom stereocenters. The van der Waals surface area contributed by atoms with Gasteiger partial charge in [-0.15, -0.1) is 0 Å². The van der Waals surface area contributed by atoms with Crippen LogP contribution in [-0.4, -0.2) is 32.4 Å². The van der Waals surface area contributed by atoms with Gasteiger partial charge in [-0.3, -0.25) is 19.6 Å². The number of anilines is 2. The second-order valence-corrected chi connectivity index (χ2v) is 3.67. The first-order chi connectivity index (χ1) is 9.08. The lowest BCUT2D eigenvalue weighted by Crippen LogP contribution is -2.21. The van der Waals surface area contributed by atoms with E-state index >= 15 is 0 Å². The predicted molar refractivity (Wildman–Crippen MR) is 68.0 cm³/mol. The molecule has 0 saturated carbocycles. The molecule has 5 N–H and O–H groups in total. The molecule has 19 heavy (non-hydrogen) atoms. The third-order valence-electron chi connectivity index (χ3n) is 2.33. The lowest BCUT2D eigenvalue weighted by molar-refractivity contribution is 0.101. The predicted octanol–water partition coefficient (Wildman–Crippen LogP) is -0.253. The van der Waals surface area contributed by atoms with Crippen LogP contribution < -0.4 is 16.6 Å². The van der Waals surface area contributed by atoms with E-state index in [1.165, 1.54) is 6.20 Å². The number of hydrogen-bond acceptors (Lipinski definition) is 7. The largest absolute Gasteiger partial charge is 0.492 e. The number of aromatic amines is 1. The van der Waals surface area contributed by atoms with Crippen LogP contribution in [0.15, 0.2) is 29.3 Å². The fraction of sp³-hybridized carbons (Fsp3) is 0.0909. The highest BCUT2D eigenvalue weighted by Crippen LogP contribution is 2.14. The van der Waals surface area contributed by atoms with Gasteiger partial charge in [0.25, 0.3) is 5.56 Å². The number of nitrogens with two attached hydrogens (primary N) is 1. The van der Waals surface area contributed by atoms with Crippen LogP contribution in [0.5, 0.6) is 5.88 Å². The van der Waals surface area contributed by atoms with Crippen molar-refractivity contribution in [1.82, 2.24) is 15.0 Å². The first-order valence-electron chi connectivity index (χ1n) is 5.34. The minimum Gasteiger partial charge on any atom is -0.492 e. The van der Waals surface area contributed by atoms with E-state index in [9.17, 15) is 14.7 Å². The average molecular weight is 261 g/mol. The van der Waals surface area contributed by atoms with Gasteiger partial charge >= 0.3 is 0 Å². The molecule has 0 saturated heterocycles. The van der Waals surface area contributed by atoms with E-state index in [2.05, 4.69) is 20.3 Å². The highest BCUT2D eigenvalue weighted by Gasteiger charge is 2.12. The van der Waals surface area contributed by atoms with Gasteiger partial charge in [0.1, 0.15) is 0 Å². The van der Waals surface area contributed by atoms with Crippen LogP contribution in [0, 0.1) is 0 Å². The molecule has 0 bridgehead atoms. The molecule has 0 aromatic carbocycles. The maximum atomic E-state index is 11.8. The molecule has 0 radical (unpaired) electrons. The van der Waals surface area contributed by atoms with Crippen LogP contribution in [-0.2, 0) is 0 Å². The molecule has 0 atom stereocenters. The van der Waals surface area contributed by atoms with Crippen molar-refractivity contribution in [1.29, 1.82) is 0 Å². The SMILES string of the molecule is Nc1nc(O)c(NCC(=O)c2cccnc2)c(=O)[nH]1. The highest BCUT2D eigenvalue weighted by molar-refractivity contribution is 5.98. The van der Waals surface area contributed by atoms with Gasteiger partial charge in [-0.2, -0.15) is 4.98 Å². The Morgan fingerprint density at radius 1 is 1.53 bits per heavy atom. The number of Topliss-reactive ketones (excluding diaryl/α,β-unsaturated/α-hetero) is 1. The number of carbonyl (C=O) groups is 1. The summed E-state index contributed by atoms with van der Waals surface area (Å²) in [6.07, 6.45) is 2.96. The van der Waals surface area contributed by atoms with Crippen LogP contribution >= 0.6 is 0 Å². The van der Waals surface area contributed by atoms with Crippen molar-refractivity contribution in [3.63, 3.8) is 0 Å². The third kappa shape index (κ3) is 2.86. The topological polar surface area (TPSA) is 134 Å². The number of carbonyl (C=O) groups excluding carboxylic acids is 1. The second-order valence-electron chi connectivity index (χ2n) is 3.67. The zero-order valence-electron chi connectivity index (χ0n) is 9.75. The summed E-state index contributed by atoms with van der Waals surface area (Å²) in [5, 5.41) is 12.0. The monoisotopic (exact) mass is 261 g/mol. The maximum absolute atomic E-state index is 11.8. The van der Waals surface area contributed by atoms with Crippen LogP contribution in [0.25, 0.3) is 0 Å². The smallest absolute Gasteiger partial charge is 0.279 e. The van der Waals surface area contributed by atoms with Crippen molar-refractivity contribution in [2.75, 3.05) is 17.6 Å². The van der Waals surface area contributed by atoms with Crippen molar-refractivity contribution in [2.24, 2.45) is 0 Å². The van der Waals surface area contributed by atoms with Gasteiger partial charge < -0.3 is 16.2 Å². The molecule has 0 aliphatic carbocycles. The quantitative estimate of drug-likeness (QED) is 0.557. The summed E-state index contributed by atoms with van der Waals surface area (Å²) in [4.78, 5) is 32.8. The number of pyridine rings is 1. The molecule has 2 aromatic heterocycles. The summed E-state index contributed by atoms with van der Waals surface area (Å²) in [5.41, 5.74) is 4.79. The van der Waals surface area contributed by atoms with Gasteiger partial charge in [-0.25, -0.2) is 0 Å². The van der Waals surface area contributed by atoms with E-state index in [0.29, 0.717) is 5.56 Å². The number of aromatic hydroxyl groups is 1. The van der Waals surface area contributed by atoms with Crippen molar-refractivity contribution < 1.29 is 9.90 Å². The molecule has 0 amide bonds. The molecule has 2 aromatic rings. The Bertz CT molecular complexity index is 653. The minimum absolute atomic E-state index is 0.173. The molecule has 0 spiro atoms. The molecule has 0 aliphatic heterocycles. The molecule has 8 nitrogen and oxygen atoms in total. The minimum atomic E-state index is -0.649. The van der Waals surface area contributed by atoms with Crippen LogP contribution in [0.1, 0.15) is 10.4 Å². The van der Waals surface area contributed by atoms with Gasteiger partial charge in [0.2, 0.25) is 11.8 Å². The Hall–Kier alpha value is -2.90. The summed E-state index contributed by atoms with van der Waals surface area (Å²) < 4.78 is 0. The number of aromatic nitrogens is 3. The number of H-pyrrole nitrogens is 1. The van der Waals surface area contributed by atoms with Crippen LogP contribution in [0.3, 0.4) is 0 Å². The third-order valence-corrected chi connectivity index (χ3v) is 2.33. The second kappa shape index (κ2) is 5.17. The molecule has 2 heterocycles. The van der Waals surface area contributed by atoms with Crippen molar-refractivity contribution in [2.45, 2.75) is 0 Å². The van der Waals surface area contributed by atoms with Gasteiger partial charge in [0, 0.05) is 18.0 Å². The van der Waals surface area contributed by atoms with E-state index < -0.39 is 11.4 Å². The number of hydrogen-bond donors (Lipinski definition) is 4. The Labute approximate surface area is 107 Å². The normalized spacial score (nSPS) is 10.1. The van der Waals surface area contributed by atoms with Gasteiger partial charge in [-0.05, 0) is 12.1 Å². The van der Waals surface area contributed by atoms with E-state index in [1.807, 2.05) is 0 Å².